The number of carboxylic acids is 1. The minimum absolute atomic E-state index is 0.149. The Labute approximate surface area is 104 Å². The number of rotatable bonds is 5. The number of aliphatic carboxylic acids is 1. The lowest BCUT2D eigenvalue weighted by Crippen LogP contribution is -2.32. The molecule has 3 N–H and O–H groups in total. The van der Waals surface area contributed by atoms with Crippen LogP contribution in [0.25, 0.3) is 0 Å². The van der Waals surface area contributed by atoms with E-state index in [1.54, 1.807) is 0 Å². The number of carboxylic acid groups (broad SMARTS) is 1. The quantitative estimate of drug-likeness (QED) is 0.813. The summed E-state index contributed by atoms with van der Waals surface area (Å²) in [6.45, 7) is 5.99. The van der Waals surface area contributed by atoms with Crippen molar-refractivity contribution in [1.29, 1.82) is 0 Å². The van der Waals surface area contributed by atoms with Gasteiger partial charge in [0, 0.05) is 11.2 Å². The van der Waals surface area contributed by atoms with Crippen molar-refractivity contribution in [2.75, 3.05) is 5.75 Å². The first-order valence-corrected chi connectivity index (χ1v) is 6.35. The summed E-state index contributed by atoms with van der Waals surface area (Å²) in [5, 5.41) is 12.5. The Morgan fingerprint density at radius 1 is 1.59 bits per heavy atom. The summed E-state index contributed by atoms with van der Waals surface area (Å²) >= 11 is 1.36. The number of nitrogens with zero attached hydrogens (tertiary/aromatic N) is 2. The molecule has 1 atom stereocenters. The normalized spacial score (nSPS) is 13.6. The van der Waals surface area contributed by atoms with E-state index in [2.05, 4.69) is 10.1 Å². The zero-order valence-corrected chi connectivity index (χ0v) is 11.0. The number of aromatic nitrogens is 2. The van der Waals surface area contributed by atoms with Crippen LogP contribution in [0.5, 0.6) is 0 Å². The van der Waals surface area contributed by atoms with Crippen LogP contribution in [-0.4, -0.2) is 33.0 Å². The van der Waals surface area contributed by atoms with E-state index in [0.717, 1.165) is 0 Å². The van der Waals surface area contributed by atoms with Crippen LogP contribution in [0.1, 0.15) is 32.5 Å². The maximum atomic E-state index is 10.5. The van der Waals surface area contributed by atoms with Crippen LogP contribution >= 0.6 is 11.8 Å². The van der Waals surface area contributed by atoms with Gasteiger partial charge in [-0.3, -0.25) is 4.79 Å². The van der Waals surface area contributed by atoms with E-state index in [1.807, 2.05) is 20.8 Å². The highest BCUT2D eigenvalue weighted by atomic mass is 32.2. The highest BCUT2D eigenvalue weighted by Crippen LogP contribution is 2.20. The molecule has 0 radical (unpaired) electrons. The van der Waals surface area contributed by atoms with E-state index >= 15 is 0 Å². The molecule has 1 unspecified atom stereocenters. The molecule has 0 aliphatic carbocycles. The molecule has 0 spiro atoms. The minimum atomic E-state index is -1.00. The molecule has 0 fully saturated rings. The Hall–Kier alpha value is -1.08. The molecule has 0 saturated carbocycles. The summed E-state index contributed by atoms with van der Waals surface area (Å²) in [7, 11) is 0. The van der Waals surface area contributed by atoms with Crippen LogP contribution in [0.3, 0.4) is 0 Å². The molecule has 1 rings (SSSR count). The average Bonchev–Trinajstić information content (AvgIpc) is 2.65. The molecule has 1 aromatic rings. The molecule has 1 aromatic heterocycles. The summed E-state index contributed by atoms with van der Waals surface area (Å²) < 4.78 is 5.06. The van der Waals surface area contributed by atoms with Gasteiger partial charge in [-0.05, 0) is 0 Å². The minimum Gasteiger partial charge on any atom is -0.480 e. The third kappa shape index (κ3) is 4.35. The van der Waals surface area contributed by atoms with Gasteiger partial charge in [-0.1, -0.05) is 25.9 Å². The third-order valence-corrected chi connectivity index (χ3v) is 3.02. The Morgan fingerprint density at radius 2 is 2.24 bits per heavy atom. The number of thioether (sulfide) groups is 1. The number of hydrogen-bond donors (Lipinski definition) is 2. The van der Waals surface area contributed by atoms with Gasteiger partial charge in [0.25, 0.3) is 0 Å². The lowest BCUT2D eigenvalue weighted by atomic mass is 9.96. The van der Waals surface area contributed by atoms with Gasteiger partial charge in [0.1, 0.15) is 6.04 Å². The Morgan fingerprint density at radius 3 is 2.71 bits per heavy atom. The highest BCUT2D eigenvalue weighted by molar-refractivity contribution is 7.98. The van der Waals surface area contributed by atoms with Gasteiger partial charge in [-0.2, -0.15) is 4.98 Å². The van der Waals surface area contributed by atoms with Crippen LogP contribution in [0.15, 0.2) is 4.52 Å². The van der Waals surface area contributed by atoms with Crippen molar-refractivity contribution < 1.29 is 14.4 Å². The summed E-state index contributed by atoms with van der Waals surface area (Å²) in [6.07, 6.45) is 0. The average molecular weight is 259 g/mol. The molecule has 0 aliphatic rings. The lowest BCUT2D eigenvalue weighted by molar-refractivity contribution is -0.137. The molecule has 0 aromatic carbocycles. The molecule has 96 valence electrons. The zero-order chi connectivity index (χ0) is 13.1. The first kappa shape index (κ1) is 14.0. The maximum Gasteiger partial charge on any atom is 0.321 e. The van der Waals surface area contributed by atoms with Gasteiger partial charge in [0.05, 0.1) is 5.75 Å². The fraction of sp³-hybridized carbons (Fsp3) is 0.700. The highest BCUT2D eigenvalue weighted by Gasteiger charge is 2.21. The molecule has 0 saturated heterocycles. The number of hydrogen-bond acceptors (Lipinski definition) is 6. The van der Waals surface area contributed by atoms with E-state index in [-0.39, 0.29) is 5.41 Å². The summed E-state index contributed by atoms with van der Waals surface area (Å²) in [6, 6.07) is -0.856. The van der Waals surface area contributed by atoms with Gasteiger partial charge in [0.15, 0.2) is 5.82 Å². The monoisotopic (exact) mass is 259 g/mol. The van der Waals surface area contributed by atoms with Gasteiger partial charge < -0.3 is 15.4 Å². The second kappa shape index (κ2) is 5.50. The first-order chi connectivity index (χ1) is 7.80. The number of nitrogens with two attached hydrogens (primary N) is 1. The van der Waals surface area contributed by atoms with Crippen LogP contribution in [-0.2, 0) is 16.0 Å². The molecule has 7 heteroatoms. The fourth-order valence-electron chi connectivity index (χ4n) is 0.963. The largest absolute Gasteiger partial charge is 0.480 e. The molecule has 0 bridgehead atoms. The maximum absolute atomic E-state index is 10.5. The zero-order valence-electron chi connectivity index (χ0n) is 10.1. The van der Waals surface area contributed by atoms with Gasteiger partial charge in [-0.25, -0.2) is 0 Å². The van der Waals surface area contributed by atoms with Gasteiger partial charge in [0.2, 0.25) is 5.89 Å². The standard InChI is InChI=1S/C10H17N3O3S/c1-10(2,3)9-12-7(16-13-9)5-17-4-6(11)8(14)15/h6H,4-5,11H2,1-3H3,(H,14,15). The number of carbonyl (C=O) groups is 1. The van der Waals surface area contributed by atoms with Gasteiger partial charge >= 0.3 is 5.97 Å². The second-order valence-corrected chi connectivity index (χ2v) is 5.75. The molecular formula is C10H17N3O3S. The van der Waals surface area contributed by atoms with Crippen molar-refractivity contribution in [3.63, 3.8) is 0 Å². The Balaban J connectivity index is 2.43. The summed E-state index contributed by atoms with van der Waals surface area (Å²) in [5.74, 6) is 0.943. The van der Waals surface area contributed by atoms with Gasteiger partial charge in [-0.15, -0.1) is 11.8 Å². The molecule has 6 nitrogen and oxygen atoms in total. The predicted octanol–water partition coefficient (Wildman–Crippen LogP) is 1.01. The Kier molecular flexibility index (Phi) is 4.53. The predicted molar refractivity (Wildman–Crippen MR) is 64.8 cm³/mol. The SMILES string of the molecule is CC(C)(C)c1noc(CSCC(N)C(=O)O)n1. The summed E-state index contributed by atoms with van der Waals surface area (Å²) in [4.78, 5) is 14.7. The second-order valence-electron chi connectivity index (χ2n) is 4.72. The van der Waals surface area contributed by atoms with Crippen LogP contribution < -0.4 is 5.73 Å². The third-order valence-electron chi connectivity index (χ3n) is 1.98. The summed E-state index contributed by atoms with van der Waals surface area (Å²) in [5.41, 5.74) is 5.22. The van der Waals surface area contributed by atoms with Crippen molar-refractivity contribution in [3.05, 3.63) is 11.7 Å². The van der Waals surface area contributed by atoms with Crippen molar-refractivity contribution in [2.45, 2.75) is 38.0 Å². The van der Waals surface area contributed by atoms with E-state index in [1.165, 1.54) is 11.8 Å². The smallest absolute Gasteiger partial charge is 0.321 e. The van der Waals surface area contributed by atoms with Crippen molar-refractivity contribution in [3.8, 4) is 0 Å². The lowest BCUT2D eigenvalue weighted by Gasteiger charge is -2.10. The van der Waals surface area contributed by atoms with E-state index in [0.29, 0.717) is 23.2 Å². The molecule has 0 amide bonds. The van der Waals surface area contributed by atoms with Crippen molar-refractivity contribution in [2.24, 2.45) is 5.73 Å². The van der Waals surface area contributed by atoms with E-state index in [9.17, 15) is 4.79 Å². The topological polar surface area (TPSA) is 102 Å². The van der Waals surface area contributed by atoms with Crippen molar-refractivity contribution >= 4 is 17.7 Å². The van der Waals surface area contributed by atoms with E-state index in [4.69, 9.17) is 15.4 Å². The fourth-order valence-corrected chi connectivity index (χ4v) is 1.77. The Bertz CT molecular complexity index is 386. The van der Waals surface area contributed by atoms with Crippen molar-refractivity contribution in [1.82, 2.24) is 10.1 Å². The molecule has 17 heavy (non-hydrogen) atoms. The molecule has 1 heterocycles. The van der Waals surface area contributed by atoms with Crippen LogP contribution in [0.2, 0.25) is 0 Å². The van der Waals surface area contributed by atoms with E-state index < -0.39 is 12.0 Å². The molecule has 0 aliphatic heterocycles. The molecular weight excluding hydrogens is 242 g/mol. The van der Waals surface area contributed by atoms with Crippen LogP contribution in [0, 0.1) is 0 Å². The van der Waals surface area contributed by atoms with Crippen LogP contribution in [0.4, 0.5) is 0 Å². The first-order valence-electron chi connectivity index (χ1n) is 5.20.